The number of hydrogen-bond acceptors (Lipinski definition) is 17. The summed E-state index contributed by atoms with van der Waals surface area (Å²) in [7, 11) is 1.35. The van der Waals surface area contributed by atoms with E-state index in [1.807, 2.05) is 0 Å². The van der Waals surface area contributed by atoms with Crippen LogP contribution >= 0.6 is 0 Å². The number of amides is 1. The van der Waals surface area contributed by atoms with Crippen LogP contribution in [0.25, 0.3) is 0 Å². The third-order valence-electron chi connectivity index (χ3n) is 8.73. The van der Waals surface area contributed by atoms with Gasteiger partial charge >= 0.3 is 5.97 Å². The second-order valence-electron chi connectivity index (χ2n) is 12.4. The third kappa shape index (κ3) is 10.7. The molecule has 280 valence electrons. The predicted molar refractivity (Wildman–Crippen MR) is 160 cm³/mol. The van der Waals surface area contributed by atoms with Gasteiger partial charge in [-0.05, 0) is 19.8 Å². The zero-order chi connectivity index (χ0) is 35.5. The van der Waals surface area contributed by atoms with Crippen LogP contribution in [-0.4, -0.2) is 172 Å². The Labute approximate surface area is 278 Å². The molecule has 3 rings (SSSR count). The van der Waals surface area contributed by atoms with E-state index in [0.717, 1.165) is 32.6 Å². The van der Waals surface area contributed by atoms with Crippen LogP contribution in [0.3, 0.4) is 0 Å². The summed E-state index contributed by atoms with van der Waals surface area (Å²) in [5, 5.41) is 86.0. The van der Waals surface area contributed by atoms with Crippen molar-refractivity contribution in [1.82, 2.24) is 5.32 Å². The van der Waals surface area contributed by atoms with E-state index in [9.17, 15) is 50.4 Å². The Morgan fingerprint density at radius 2 is 1.25 bits per heavy atom. The van der Waals surface area contributed by atoms with E-state index in [1.165, 1.54) is 14.0 Å². The summed E-state index contributed by atoms with van der Waals surface area (Å²) in [5.41, 5.74) is 0. The summed E-state index contributed by atoms with van der Waals surface area (Å²) in [6, 6.07) is -1.40. The van der Waals surface area contributed by atoms with Gasteiger partial charge in [0, 0.05) is 20.0 Å². The largest absolute Gasteiger partial charge is 0.469 e. The Hall–Kier alpha value is -1.62. The summed E-state index contributed by atoms with van der Waals surface area (Å²) in [4.78, 5) is 23.3. The predicted octanol–water partition coefficient (Wildman–Crippen LogP) is -3.47. The van der Waals surface area contributed by atoms with Crippen molar-refractivity contribution < 1.29 is 83.6 Å². The maximum absolute atomic E-state index is 12.0. The number of carbonyl (C=O) groups excluding carboxylic acids is 2. The molecule has 3 saturated heterocycles. The topological polar surface area (TPSA) is 273 Å². The van der Waals surface area contributed by atoms with Gasteiger partial charge in [0.1, 0.15) is 67.1 Å². The summed E-state index contributed by atoms with van der Waals surface area (Å²) in [6.45, 7) is 1.27. The molecule has 1 amide bonds. The van der Waals surface area contributed by atoms with Crippen LogP contribution in [0.15, 0.2) is 0 Å². The quantitative estimate of drug-likeness (QED) is 0.0527. The molecule has 3 fully saturated rings. The Kier molecular flexibility index (Phi) is 16.7. The van der Waals surface area contributed by atoms with E-state index >= 15 is 0 Å². The molecule has 3 aliphatic heterocycles. The molecule has 0 radical (unpaired) electrons. The smallest absolute Gasteiger partial charge is 0.305 e. The van der Waals surface area contributed by atoms with Crippen molar-refractivity contribution in [2.45, 2.75) is 151 Å². The Balaban J connectivity index is 1.80. The molecule has 15 unspecified atom stereocenters. The molecule has 3 aliphatic rings. The lowest BCUT2D eigenvalue weighted by Gasteiger charge is -2.49. The maximum atomic E-state index is 12.0. The van der Waals surface area contributed by atoms with Crippen LogP contribution in [0.2, 0.25) is 0 Å². The first-order valence-electron chi connectivity index (χ1n) is 16.4. The van der Waals surface area contributed by atoms with Gasteiger partial charge in [-0.1, -0.05) is 25.7 Å². The average Bonchev–Trinajstić information content (AvgIpc) is 3.06. The van der Waals surface area contributed by atoms with E-state index < -0.39 is 111 Å². The highest BCUT2D eigenvalue weighted by Crippen LogP contribution is 2.34. The lowest BCUT2D eigenvalue weighted by atomic mass is 9.95. The highest BCUT2D eigenvalue weighted by molar-refractivity contribution is 5.73. The van der Waals surface area contributed by atoms with Crippen molar-refractivity contribution in [3.05, 3.63) is 0 Å². The number of carbonyl (C=O) groups is 2. The van der Waals surface area contributed by atoms with Crippen molar-refractivity contribution in [1.29, 1.82) is 0 Å². The minimum Gasteiger partial charge on any atom is -0.469 e. The van der Waals surface area contributed by atoms with Gasteiger partial charge in [-0.25, -0.2) is 0 Å². The van der Waals surface area contributed by atoms with Crippen molar-refractivity contribution in [3.63, 3.8) is 0 Å². The number of hydrogen-bond donors (Lipinski definition) is 9. The molecule has 3 heterocycles. The highest BCUT2D eigenvalue weighted by Gasteiger charge is 2.54. The van der Waals surface area contributed by atoms with Gasteiger partial charge in [0.2, 0.25) is 5.91 Å². The molecule has 0 bridgehead atoms. The number of aliphatic hydroxyl groups excluding tert-OH is 8. The fraction of sp³-hybridized carbons (Fsp3) is 0.933. The number of rotatable bonds is 17. The van der Waals surface area contributed by atoms with Gasteiger partial charge in [-0.2, -0.15) is 0 Å². The van der Waals surface area contributed by atoms with E-state index in [2.05, 4.69) is 10.1 Å². The fourth-order valence-electron chi connectivity index (χ4n) is 5.88. The fourth-order valence-corrected chi connectivity index (χ4v) is 5.88. The van der Waals surface area contributed by atoms with Crippen LogP contribution in [-0.2, 0) is 42.7 Å². The summed E-state index contributed by atoms with van der Waals surface area (Å²) in [5.74, 6) is -0.875. The van der Waals surface area contributed by atoms with E-state index in [4.69, 9.17) is 28.4 Å². The van der Waals surface area contributed by atoms with Crippen LogP contribution in [0.1, 0.15) is 58.8 Å². The van der Waals surface area contributed by atoms with E-state index in [0.29, 0.717) is 19.3 Å². The average molecular weight is 700 g/mol. The number of aliphatic hydroxyl groups is 8. The van der Waals surface area contributed by atoms with Gasteiger partial charge in [0.05, 0.1) is 26.4 Å². The van der Waals surface area contributed by atoms with Crippen LogP contribution in [0.4, 0.5) is 0 Å². The summed E-state index contributed by atoms with van der Waals surface area (Å²) >= 11 is 0. The number of esters is 1. The molecule has 15 atom stereocenters. The van der Waals surface area contributed by atoms with Crippen LogP contribution in [0.5, 0.6) is 0 Å². The summed E-state index contributed by atoms with van der Waals surface area (Å²) in [6.07, 6.45) is -16.1. The third-order valence-corrected chi connectivity index (χ3v) is 8.73. The zero-order valence-corrected chi connectivity index (χ0v) is 27.5. The number of unbranched alkanes of at least 4 members (excludes halogenated alkanes) is 5. The molecule has 18 heteroatoms. The standard InChI is InChI=1S/C30H53NO17/c1-14-20(36)24(40)25(41)29(44-14)48-27-26(47-28-19(31-15(2)34)23(39)21(37)16(12-32)45-28)22(38)17(13-33)46-30(27)43-11-9-7-5-4-6-8-10-18(35)42-3/h14,16-17,19-30,32-33,36-41H,4-13H2,1-3H3,(H,31,34). The first-order valence-corrected chi connectivity index (χ1v) is 16.4. The van der Waals surface area contributed by atoms with Gasteiger partial charge in [0.15, 0.2) is 18.9 Å². The molecule has 9 N–H and O–H groups in total. The van der Waals surface area contributed by atoms with Gasteiger partial charge in [-0.3, -0.25) is 9.59 Å². The minimum absolute atomic E-state index is 0.116. The van der Waals surface area contributed by atoms with Gasteiger partial charge in [0.25, 0.3) is 0 Å². The van der Waals surface area contributed by atoms with Crippen LogP contribution in [0, 0.1) is 0 Å². The zero-order valence-electron chi connectivity index (χ0n) is 27.5. The first kappa shape index (κ1) is 40.8. The lowest BCUT2D eigenvalue weighted by molar-refractivity contribution is -0.385. The molecule has 0 aromatic rings. The molecule has 0 aromatic carbocycles. The van der Waals surface area contributed by atoms with Gasteiger partial charge in [-0.15, -0.1) is 0 Å². The van der Waals surface area contributed by atoms with E-state index in [-0.39, 0.29) is 12.6 Å². The Morgan fingerprint density at radius 1 is 0.667 bits per heavy atom. The number of ether oxygens (including phenoxy) is 7. The van der Waals surface area contributed by atoms with Crippen molar-refractivity contribution in [3.8, 4) is 0 Å². The first-order chi connectivity index (χ1) is 22.8. The monoisotopic (exact) mass is 699 g/mol. The van der Waals surface area contributed by atoms with Gasteiger partial charge < -0.3 is 79.3 Å². The van der Waals surface area contributed by atoms with Crippen LogP contribution < -0.4 is 5.32 Å². The SMILES string of the molecule is COC(=O)CCCCCCCCOC1OC(CO)C(O)C(OC2OC(CO)C(O)C(O)C2NC(C)=O)C1OC1OC(C)C(O)C(O)C1O. The lowest BCUT2D eigenvalue weighted by Crippen LogP contribution is -2.68. The Morgan fingerprint density at radius 3 is 1.88 bits per heavy atom. The summed E-state index contributed by atoms with van der Waals surface area (Å²) < 4.78 is 39.9. The molecular weight excluding hydrogens is 646 g/mol. The minimum atomic E-state index is -1.77. The molecule has 0 aromatic heterocycles. The Bertz CT molecular complexity index is 978. The van der Waals surface area contributed by atoms with Crippen molar-refractivity contribution in [2.75, 3.05) is 26.9 Å². The highest BCUT2D eigenvalue weighted by atomic mass is 16.8. The van der Waals surface area contributed by atoms with Crippen molar-refractivity contribution in [2.24, 2.45) is 0 Å². The molecule has 0 spiro atoms. The second-order valence-corrected chi connectivity index (χ2v) is 12.4. The van der Waals surface area contributed by atoms with E-state index in [1.54, 1.807) is 0 Å². The molecular formula is C30H53NO17. The molecule has 0 aliphatic carbocycles. The molecule has 0 saturated carbocycles. The van der Waals surface area contributed by atoms with Crippen molar-refractivity contribution >= 4 is 11.9 Å². The number of methoxy groups -OCH3 is 1. The molecule has 48 heavy (non-hydrogen) atoms. The second kappa shape index (κ2) is 19.7. The normalized spacial score (nSPS) is 40.4. The maximum Gasteiger partial charge on any atom is 0.305 e. The number of nitrogens with one attached hydrogen (secondary N) is 1. The molecule has 18 nitrogen and oxygen atoms in total.